The van der Waals surface area contributed by atoms with Gasteiger partial charge in [0, 0.05) is 6.54 Å². The zero-order valence-electron chi connectivity index (χ0n) is 7.79. The van der Waals surface area contributed by atoms with Crippen LogP contribution in [0.3, 0.4) is 0 Å². The SMILES string of the molecule is O=C(O)C1CCCN1C(=O)c1cnsn1. The van der Waals surface area contributed by atoms with Gasteiger partial charge < -0.3 is 10.0 Å². The summed E-state index contributed by atoms with van der Waals surface area (Å²) in [6, 6.07) is -0.709. The first-order valence-corrected chi connectivity index (χ1v) is 5.24. The Morgan fingerprint density at radius 3 is 3.00 bits per heavy atom. The average Bonchev–Trinajstić information content (AvgIpc) is 2.88. The number of aromatic nitrogens is 2. The molecule has 6 nitrogen and oxygen atoms in total. The van der Waals surface area contributed by atoms with E-state index in [2.05, 4.69) is 8.75 Å². The number of hydrogen-bond acceptors (Lipinski definition) is 5. The third-order valence-corrected chi connectivity index (χ3v) is 2.86. The number of amides is 1. The van der Waals surface area contributed by atoms with Crippen LogP contribution in [0.2, 0.25) is 0 Å². The van der Waals surface area contributed by atoms with Gasteiger partial charge in [-0.05, 0) is 12.8 Å². The molecule has 2 rings (SSSR count). The lowest BCUT2D eigenvalue weighted by molar-refractivity contribution is -0.141. The van der Waals surface area contributed by atoms with Crippen molar-refractivity contribution in [2.24, 2.45) is 0 Å². The molecular weight excluding hydrogens is 218 g/mol. The van der Waals surface area contributed by atoms with Gasteiger partial charge in [0.05, 0.1) is 17.9 Å². The second-order valence-corrected chi connectivity index (χ2v) is 3.84. The molecule has 1 N–H and O–H groups in total. The van der Waals surface area contributed by atoms with Gasteiger partial charge in [-0.15, -0.1) is 0 Å². The van der Waals surface area contributed by atoms with E-state index < -0.39 is 12.0 Å². The maximum Gasteiger partial charge on any atom is 0.326 e. The third-order valence-electron chi connectivity index (χ3n) is 2.38. The first-order chi connectivity index (χ1) is 7.20. The Kier molecular flexibility index (Phi) is 2.63. The van der Waals surface area contributed by atoms with Gasteiger partial charge in [-0.2, -0.15) is 8.75 Å². The van der Waals surface area contributed by atoms with Crippen LogP contribution in [0.15, 0.2) is 6.20 Å². The lowest BCUT2D eigenvalue weighted by atomic mass is 10.2. The molecule has 1 atom stereocenters. The minimum absolute atomic E-state index is 0.230. The fourth-order valence-electron chi connectivity index (χ4n) is 1.67. The molecule has 0 saturated carbocycles. The Morgan fingerprint density at radius 2 is 2.40 bits per heavy atom. The van der Waals surface area contributed by atoms with Crippen molar-refractivity contribution in [3.63, 3.8) is 0 Å². The van der Waals surface area contributed by atoms with Crippen molar-refractivity contribution in [2.75, 3.05) is 6.54 Å². The first-order valence-electron chi connectivity index (χ1n) is 4.51. The van der Waals surface area contributed by atoms with Crippen molar-refractivity contribution < 1.29 is 14.7 Å². The molecule has 1 aliphatic rings. The molecule has 2 heterocycles. The predicted octanol–water partition coefficient (Wildman–Crippen LogP) is 0.227. The van der Waals surface area contributed by atoms with E-state index >= 15 is 0 Å². The van der Waals surface area contributed by atoms with Gasteiger partial charge in [-0.3, -0.25) is 4.79 Å². The highest BCUT2D eigenvalue weighted by atomic mass is 32.1. The Labute approximate surface area is 89.9 Å². The summed E-state index contributed by atoms with van der Waals surface area (Å²) in [5, 5.41) is 8.90. The lowest BCUT2D eigenvalue weighted by Crippen LogP contribution is -2.40. The largest absolute Gasteiger partial charge is 0.480 e. The highest BCUT2D eigenvalue weighted by molar-refractivity contribution is 6.99. The van der Waals surface area contributed by atoms with Gasteiger partial charge in [0.2, 0.25) is 0 Å². The molecule has 1 saturated heterocycles. The summed E-state index contributed by atoms with van der Waals surface area (Å²) < 4.78 is 7.52. The molecule has 1 aromatic rings. The Morgan fingerprint density at radius 1 is 1.60 bits per heavy atom. The third kappa shape index (κ3) is 1.82. The Bertz CT molecular complexity index is 378. The molecule has 1 unspecified atom stereocenters. The van der Waals surface area contributed by atoms with Crippen LogP contribution in [0.4, 0.5) is 0 Å². The van der Waals surface area contributed by atoms with E-state index in [1.807, 2.05) is 0 Å². The maximum atomic E-state index is 11.8. The van der Waals surface area contributed by atoms with Crippen LogP contribution in [0.25, 0.3) is 0 Å². The van der Waals surface area contributed by atoms with E-state index in [1.165, 1.54) is 11.1 Å². The fourth-order valence-corrected chi connectivity index (χ4v) is 2.08. The van der Waals surface area contributed by atoms with Crippen LogP contribution in [0, 0.1) is 0 Å². The molecule has 0 radical (unpaired) electrons. The minimum Gasteiger partial charge on any atom is -0.480 e. The Hall–Kier alpha value is -1.50. The van der Waals surface area contributed by atoms with Crippen molar-refractivity contribution >= 4 is 23.6 Å². The molecule has 0 spiro atoms. The van der Waals surface area contributed by atoms with Gasteiger partial charge in [0.25, 0.3) is 5.91 Å². The van der Waals surface area contributed by atoms with Crippen LogP contribution in [0.1, 0.15) is 23.3 Å². The van der Waals surface area contributed by atoms with Gasteiger partial charge in [-0.25, -0.2) is 4.79 Å². The lowest BCUT2D eigenvalue weighted by Gasteiger charge is -2.19. The highest BCUT2D eigenvalue weighted by Gasteiger charge is 2.35. The van der Waals surface area contributed by atoms with Crippen LogP contribution in [-0.2, 0) is 4.79 Å². The van der Waals surface area contributed by atoms with Crippen LogP contribution >= 0.6 is 11.7 Å². The zero-order valence-corrected chi connectivity index (χ0v) is 8.61. The van der Waals surface area contributed by atoms with Crippen molar-refractivity contribution in [1.82, 2.24) is 13.6 Å². The number of rotatable bonds is 2. The van der Waals surface area contributed by atoms with Gasteiger partial charge in [-0.1, -0.05) is 0 Å². The summed E-state index contributed by atoms with van der Waals surface area (Å²) in [7, 11) is 0. The number of carbonyl (C=O) groups is 2. The molecule has 1 aromatic heterocycles. The van der Waals surface area contributed by atoms with Gasteiger partial charge in [0.15, 0.2) is 5.69 Å². The second kappa shape index (κ2) is 3.93. The van der Waals surface area contributed by atoms with E-state index in [4.69, 9.17) is 5.11 Å². The van der Waals surface area contributed by atoms with E-state index in [-0.39, 0.29) is 11.6 Å². The summed E-state index contributed by atoms with van der Waals surface area (Å²) in [6.07, 6.45) is 2.60. The van der Waals surface area contributed by atoms with Crippen molar-refractivity contribution in [3.05, 3.63) is 11.9 Å². The quantitative estimate of drug-likeness (QED) is 0.781. The number of likely N-dealkylation sites (tertiary alicyclic amines) is 1. The highest BCUT2D eigenvalue weighted by Crippen LogP contribution is 2.19. The van der Waals surface area contributed by atoms with Crippen LogP contribution in [-0.4, -0.2) is 43.2 Å². The molecule has 1 aliphatic heterocycles. The van der Waals surface area contributed by atoms with Gasteiger partial charge >= 0.3 is 5.97 Å². The van der Waals surface area contributed by atoms with Crippen LogP contribution < -0.4 is 0 Å². The van der Waals surface area contributed by atoms with Crippen LogP contribution in [0.5, 0.6) is 0 Å². The normalized spacial score (nSPS) is 20.5. The number of nitrogens with zero attached hydrogens (tertiary/aromatic N) is 3. The van der Waals surface area contributed by atoms with E-state index in [0.29, 0.717) is 13.0 Å². The molecule has 1 fully saturated rings. The molecule has 0 aromatic carbocycles. The molecular formula is C8H9N3O3S. The number of aliphatic carboxylic acids is 1. The summed E-state index contributed by atoms with van der Waals surface area (Å²) in [4.78, 5) is 24.0. The Balaban J connectivity index is 2.17. The summed E-state index contributed by atoms with van der Waals surface area (Å²) in [6.45, 7) is 0.479. The van der Waals surface area contributed by atoms with E-state index in [1.54, 1.807) is 0 Å². The molecule has 15 heavy (non-hydrogen) atoms. The topological polar surface area (TPSA) is 83.4 Å². The number of hydrogen-bond donors (Lipinski definition) is 1. The minimum atomic E-state index is -0.955. The molecule has 80 valence electrons. The number of carboxylic acid groups (broad SMARTS) is 1. The van der Waals surface area contributed by atoms with Crippen molar-refractivity contribution in [2.45, 2.75) is 18.9 Å². The summed E-state index contributed by atoms with van der Waals surface area (Å²) in [5.74, 6) is -1.29. The molecule has 1 amide bonds. The average molecular weight is 227 g/mol. The van der Waals surface area contributed by atoms with E-state index in [0.717, 1.165) is 18.1 Å². The summed E-state index contributed by atoms with van der Waals surface area (Å²) in [5.41, 5.74) is 0.230. The van der Waals surface area contributed by atoms with Crippen molar-refractivity contribution in [1.29, 1.82) is 0 Å². The zero-order chi connectivity index (χ0) is 10.8. The first kappa shape index (κ1) is 10.0. The monoisotopic (exact) mass is 227 g/mol. The maximum absolute atomic E-state index is 11.8. The smallest absolute Gasteiger partial charge is 0.326 e. The van der Waals surface area contributed by atoms with E-state index in [9.17, 15) is 9.59 Å². The standard InChI is InChI=1S/C8H9N3O3S/c12-7(5-4-9-15-10-5)11-3-1-2-6(11)8(13)14/h4,6H,1-3H2,(H,13,14). The fraction of sp³-hybridized carbons (Fsp3) is 0.500. The molecule has 0 aliphatic carbocycles. The molecule has 0 bridgehead atoms. The second-order valence-electron chi connectivity index (χ2n) is 3.29. The number of carbonyl (C=O) groups excluding carboxylic acids is 1. The summed E-state index contributed by atoms with van der Waals surface area (Å²) >= 11 is 0.941. The van der Waals surface area contributed by atoms with Gasteiger partial charge in [0.1, 0.15) is 6.04 Å². The number of carboxylic acids is 1. The van der Waals surface area contributed by atoms with Crippen molar-refractivity contribution in [3.8, 4) is 0 Å². The molecule has 7 heteroatoms. The predicted molar refractivity (Wildman–Crippen MR) is 51.6 cm³/mol.